The number of nitrogens with one attached hydrogen (secondary N) is 1. The van der Waals surface area contributed by atoms with Crippen LogP contribution in [0.15, 0.2) is 12.7 Å². The number of hydrogen-bond acceptors (Lipinski definition) is 2. The van der Waals surface area contributed by atoms with Gasteiger partial charge < -0.3 is 10.1 Å². The molecule has 0 saturated heterocycles. The van der Waals surface area contributed by atoms with Crippen LogP contribution in [0, 0.1) is 5.92 Å². The number of ether oxygens (including phenoxy) is 1. The molecule has 0 heterocycles. The highest BCUT2D eigenvalue weighted by molar-refractivity contribution is 4.70. The largest absolute Gasteiger partial charge is 0.377 e. The molecule has 2 nitrogen and oxygen atoms in total. The van der Waals surface area contributed by atoms with E-state index in [1.807, 2.05) is 6.08 Å². The van der Waals surface area contributed by atoms with Crippen molar-refractivity contribution in [2.75, 3.05) is 19.7 Å². The van der Waals surface area contributed by atoms with Crippen molar-refractivity contribution in [1.29, 1.82) is 0 Å². The van der Waals surface area contributed by atoms with Crippen molar-refractivity contribution in [3.05, 3.63) is 12.7 Å². The second-order valence-electron chi connectivity index (χ2n) is 4.16. The summed E-state index contributed by atoms with van der Waals surface area (Å²) in [4.78, 5) is 0. The summed E-state index contributed by atoms with van der Waals surface area (Å²) in [5.74, 6) is 0.785. The van der Waals surface area contributed by atoms with E-state index in [0.29, 0.717) is 6.10 Å². The molecule has 1 unspecified atom stereocenters. The highest BCUT2D eigenvalue weighted by Gasteiger charge is 2.00. The van der Waals surface area contributed by atoms with E-state index in [-0.39, 0.29) is 0 Å². The summed E-state index contributed by atoms with van der Waals surface area (Å²) in [5, 5.41) is 3.24. The van der Waals surface area contributed by atoms with Gasteiger partial charge in [0, 0.05) is 19.7 Å². The Balaban J connectivity index is 3.17. The Hall–Kier alpha value is -0.340. The zero-order chi connectivity index (χ0) is 10.8. The van der Waals surface area contributed by atoms with Gasteiger partial charge in [0.2, 0.25) is 0 Å². The topological polar surface area (TPSA) is 21.3 Å². The third-order valence-electron chi connectivity index (χ3n) is 2.05. The van der Waals surface area contributed by atoms with Crippen LogP contribution in [-0.4, -0.2) is 25.8 Å². The SMILES string of the molecule is C=CCNCC(C)OCCCC(C)C. The molecule has 0 aromatic rings. The maximum Gasteiger partial charge on any atom is 0.0671 e. The van der Waals surface area contributed by atoms with Crippen molar-refractivity contribution in [1.82, 2.24) is 5.32 Å². The molecule has 2 heteroatoms. The summed E-state index contributed by atoms with van der Waals surface area (Å²) in [6.45, 7) is 12.9. The standard InChI is InChI=1S/C12H25NO/c1-5-8-13-10-12(4)14-9-6-7-11(2)3/h5,11-13H,1,6-10H2,2-4H3. The molecule has 0 saturated carbocycles. The van der Waals surface area contributed by atoms with Gasteiger partial charge in [-0.25, -0.2) is 0 Å². The monoisotopic (exact) mass is 199 g/mol. The molecule has 0 aliphatic rings. The summed E-state index contributed by atoms with van der Waals surface area (Å²) in [5.41, 5.74) is 0. The van der Waals surface area contributed by atoms with E-state index in [1.165, 1.54) is 12.8 Å². The lowest BCUT2D eigenvalue weighted by molar-refractivity contribution is 0.0625. The van der Waals surface area contributed by atoms with Crippen molar-refractivity contribution < 1.29 is 4.74 Å². The molecular formula is C12H25NO. The third-order valence-corrected chi connectivity index (χ3v) is 2.05. The van der Waals surface area contributed by atoms with Gasteiger partial charge in [-0.05, 0) is 25.7 Å². The highest BCUT2D eigenvalue weighted by atomic mass is 16.5. The highest BCUT2D eigenvalue weighted by Crippen LogP contribution is 2.03. The minimum absolute atomic E-state index is 0.308. The van der Waals surface area contributed by atoms with Crippen LogP contribution >= 0.6 is 0 Å². The first-order valence-electron chi connectivity index (χ1n) is 5.60. The maximum absolute atomic E-state index is 5.64. The molecule has 84 valence electrons. The van der Waals surface area contributed by atoms with Crippen LogP contribution in [0.2, 0.25) is 0 Å². The predicted molar refractivity (Wildman–Crippen MR) is 62.6 cm³/mol. The normalized spacial score (nSPS) is 13.1. The molecule has 0 spiro atoms. The molecule has 0 amide bonds. The van der Waals surface area contributed by atoms with E-state index in [2.05, 4.69) is 32.7 Å². The van der Waals surface area contributed by atoms with Gasteiger partial charge in [-0.1, -0.05) is 19.9 Å². The summed E-state index contributed by atoms with van der Waals surface area (Å²) in [6.07, 6.45) is 4.60. The lowest BCUT2D eigenvalue weighted by Gasteiger charge is -2.13. The molecule has 0 aromatic heterocycles. The molecule has 14 heavy (non-hydrogen) atoms. The van der Waals surface area contributed by atoms with Crippen LogP contribution in [0.25, 0.3) is 0 Å². The van der Waals surface area contributed by atoms with Crippen LogP contribution in [0.1, 0.15) is 33.6 Å². The maximum atomic E-state index is 5.64. The van der Waals surface area contributed by atoms with Crippen molar-refractivity contribution >= 4 is 0 Å². The second-order valence-corrected chi connectivity index (χ2v) is 4.16. The average Bonchev–Trinajstić information content (AvgIpc) is 2.13. The fourth-order valence-electron chi connectivity index (χ4n) is 1.22. The zero-order valence-corrected chi connectivity index (χ0v) is 9.88. The Labute approximate surface area is 88.7 Å². The Morgan fingerprint density at radius 2 is 2.07 bits per heavy atom. The smallest absolute Gasteiger partial charge is 0.0671 e. The van der Waals surface area contributed by atoms with E-state index < -0.39 is 0 Å². The Morgan fingerprint density at radius 1 is 1.36 bits per heavy atom. The Kier molecular flexibility index (Phi) is 9.00. The molecule has 0 radical (unpaired) electrons. The molecular weight excluding hydrogens is 174 g/mol. The zero-order valence-electron chi connectivity index (χ0n) is 9.88. The first-order chi connectivity index (χ1) is 6.66. The van der Waals surface area contributed by atoms with Gasteiger partial charge in [0.05, 0.1) is 6.10 Å². The van der Waals surface area contributed by atoms with Gasteiger partial charge in [-0.15, -0.1) is 6.58 Å². The molecule has 1 atom stereocenters. The molecule has 0 bridgehead atoms. The molecule has 0 fully saturated rings. The Bertz CT molecular complexity index is 134. The van der Waals surface area contributed by atoms with Crippen LogP contribution in [0.3, 0.4) is 0 Å². The molecule has 0 aromatic carbocycles. The van der Waals surface area contributed by atoms with Crippen LogP contribution < -0.4 is 5.32 Å². The van der Waals surface area contributed by atoms with Crippen molar-refractivity contribution in [3.63, 3.8) is 0 Å². The summed E-state index contributed by atoms with van der Waals surface area (Å²) in [7, 11) is 0. The quantitative estimate of drug-likeness (QED) is 0.455. The third kappa shape index (κ3) is 9.75. The van der Waals surface area contributed by atoms with Crippen molar-refractivity contribution in [2.45, 2.75) is 39.7 Å². The minimum atomic E-state index is 0.308. The predicted octanol–water partition coefficient (Wildman–Crippen LogP) is 2.60. The van der Waals surface area contributed by atoms with Gasteiger partial charge >= 0.3 is 0 Å². The lowest BCUT2D eigenvalue weighted by Crippen LogP contribution is -2.27. The molecule has 1 N–H and O–H groups in total. The van der Waals surface area contributed by atoms with E-state index in [4.69, 9.17) is 4.74 Å². The first-order valence-corrected chi connectivity index (χ1v) is 5.60. The van der Waals surface area contributed by atoms with Gasteiger partial charge in [0.15, 0.2) is 0 Å². The van der Waals surface area contributed by atoms with Crippen molar-refractivity contribution in [3.8, 4) is 0 Å². The lowest BCUT2D eigenvalue weighted by atomic mass is 10.1. The molecule has 0 aliphatic carbocycles. The Morgan fingerprint density at radius 3 is 2.64 bits per heavy atom. The van der Waals surface area contributed by atoms with Gasteiger partial charge in [-0.2, -0.15) is 0 Å². The van der Waals surface area contributed by atoms with Crippen LogP contribution in [-0.2, 0) is 4.74 Å². The molecule has 0 aliphatic heterocycles. The number of rotatable bonds is 9. The van der Waals surface area contributed by atoms with E-state index in [0.717, 1.165) is 25.6 Å². The van der Waals surface area contributed by atoms with E-state index in [9.17, 15) is 0 Å². The molecule has 0 rings (SSSR count). The fourth-order valence-corrected chi connectivity index (χ4v) is 1.22. The van der Waals surface area contributed by atoms with Gasteiger partial charge in [0.1, 0.15) is 0 Å². The second kappa shape index (κ2) is 9.22. The summed E-state index contributed by atoms with van der Waals surface area (Å²) >= 11 is 0. The summed E-state index contributed by atoms with van der Waals surface area (Å²) < 4.78 is 5.64. The fraction of sp³-hybridized carbons (Fsp3) is 0.833. The van der Waals surface area contributed by atoms with Crippen LogP contribution in [0.5, 0.6) is 0 Å². The summed E-state index contributed by atoms with van der Waals surface area (Å²) in [6, 6.07) is 0. The van der Waals surface area contributed by atoms with Crippen molar-refractivity contribution in [2.24, 2.45) is 5.92 Å². The van der Waals surface area contributed by atoms with E-state index >= 15 is 0 Å². The first kappa shape index (κ1) is 13.7. The minimum Gasteiger partial charge on any atom is -0.377 e. The average molecular weight is 199 g/mol. The number of hydrogen-bond donors (Lipinski definition) is 1. The van der Waals surface area contributed by atoms with Gasteiger partial charge in [-0.3, -0.25) is 0 Å². The van der Waals surface area contributed by atoms with Gasteiger partial charge in [0.25, 0.3) is 0 Å². The van der Waals surface area contributed by atoms with Crippen LogP contribution in [0.4, 0.5) is 0 Å². The van der Waals surface area contributed by atoms with E-state index in [1.54, 1.807) is 0 Å².